The maximum atomic E-state index is 12.5. The zero-order chi connectivity index (χ0) is 33.8. The molecule has 5 aliphatic rings. The summed E-state index contributed by atoms with van der Waals surface area (Å²) in [5.74, 6) is -2.93. The lowest BCUT2D eigenvalue weighted by Crippen LogP contribution is -2.60. The van der Waals surface area contributed by atoms with Gasteiger partial charge >= 0.3 is 5.97 Å². The van der Waals surface area contributed by atoms with E-state index in [2.05, 4.69) is 0 Å². The van der Waals surface area contributed by atoms with Crippen LogP contribution in [0.25, 0.3) is 6.08 Å². The van der Waals surface area contributed by atoms with Crippen LogP contribution < -0.4 is 0 Å². The van der Waals surface area contributed by atoms with Gasteiger partial charge in [-0.25, -0.2) is 4.79 Å². The Kier molecular flexibility index (Phi) is 9.53. The third kappa shape index (κ3) is 6.11. The van der Waals surface area contributed by atoms with Gasteiger partial charge < -0.3 is 79.1 Å². The summed E-state index contributed by atoms with van der Waals surface area (Å²) in [4.78, 5) is 12.5. The first-order valence-corrected chi connectivity index (χ1v) is 15.0. The summed E-state index contributed by atoms with van der Waals surface area (Å²) in [6, 6.07) is 3.92. The maximum absolute atomic E-state index is 12.5. The molecule has 0 aromatic heterocycles. The number of phenols is 2. The van der Waals surface area contributed by atoms with Crippen molar-refractivity contribution in [1.82, 2.24) is 0 Å². The van der Waals surface area contributed by atoms with Gasteiger partial charge in [0.25, 0.3) is 0 Å². The molecule has 16 unspecified atom stereocenters. The van der Waals surface area contributed by atoms with Crippen molar-refractivity contribution in [2.75, 3.05) is 13.2 Å². The van der Waals surface area contributed by atoms with Crippen molar-refractivity contribution < 1.29 is 83.9 Å². The Hall–Kier alpha value is -2.91. The fourth-order valence-electron chi connectivity index (χ4n) is 6.73. The van der Waals surface area contributed by atoms with E-state index in [9.17, 15) is 50.8 Å². The molecule has 17 heteroatoms. The van der Waals surface area contributed by atoms with Crippen molar-refractivity contribution >= 4 is 12.0 Å². The fourth-order valence-corrected chi connectivity index (χ4v) is 6.73. The number of rotatable bonds is 9. The largest absolute Gasteiger partial charge is 0.504 e. The molecule has 0 spiro atoms. The van der Waals surface area contributed by atoms with Gasteiger partial charge in [0.05, 0.1) is 37.6 Å². The van der Waals surface area contributed by atoms with Crippen LogP contribution in [-0.2, 0) is 38.0 Å². The second-order valence-corrected chi connectivity index (χ2v) is 12.2. The maximum Gasteiger partial charge on any atom is 0.331 e. The van der Waals surface area contributed by atoms with Gasteiger partial charge in [-0.05, 0) is 36.8 Å². The highest BCUT2D eigenvalue weighted by atomic mass is 16.8. The molecule has 3 saturated heterocycles. The number of ether oxygens (including phenoxy) is 7. The predicted octanol–water partition coefficient (Wildman–Crippen LogP) is -3.06. The minimum absolute atomic E-state index is 0.329. The Morgan fingerprint density at radius 1 is 0.894 bits per heavy atom. The van der Waals surface area contributed by atoms with Crippen LogP contribution in [0.3, 0.4) is 0 Å². The van der Waals surface area contributed by atoms with Crippen molar-refractivity contribution in [3.8, 4) is 11.5 Å². The van der Waals surface area contributed by atoms with Crippen LogP contribution in [0.4, 0.5) is 0 Å². The highest BCUT2D eigenvalue weighted by Gasteiger charge is 2.77. The third-order valence-corrected chi connectivity index (χ3v) is 9.33. The number of aliphatic hydroxyl groups is 7. The van der Waals surface area contributed by atoms with E-state index in [4.69, 9.17) is 33.2 Å². The van der Waals surface area contributed by atoms with Crippen molar-refractivity contribution in [2.45, 2.75) is 92.4 Å². The summed E-state index contributed by atoms with van der Waals surface area (Å²) in [6.45, 7) is 0.347. The van der Waals surface area contributed by atoms with E-state index in [1.165, 1.54) is 37.5 Å². The lowest BCUT2D eigenvalue weighted by atomic mass is 9.85. The summed E-state index contributed by atoms with van der Waals surface area (Å²) in [5, 5.41) is 91.5. The van der Waals surface area contributed by atoms with Gasteiger partial charge in [0.15, 0.2) is 30.2 Å². The lowest BCUT2D eigenvalue weighted by molar-refractivity contribution is -0.347. The van der Waals surface area contributed by atoms with Gasteiger partial charge in [-0.1, -0.05) is 6.07 Å². The van der Waals surface area contributed by atoms with Gasteiger partial charge in [0, 0.05) is 12.0 Å². The number of carbonyl (C=O) groups excluding carboxylic acids is 1. The van der Waals surface area contributed by atoms with Crippen LogP contribution in [-0.4, -0.2) is 151 Å². The summed E-state index contributed by atoms with van der Waals surface area (Å²) in [7, 11) is 0. The Balaban J connectivity index is 1.11. The lowest BCUT2D eigenvalue weighted by Gasteiger charge is -2.44. The minimum Gasteiger partial charge on any atom is -0.504 e. The van der Waals surface area contributed by atoms with E-state index in [0.29, 0.717) is 5.56 Å². The first-order valence-electron chi connectivity index (χ1n) is 15.0. The molecule has 0 radical (unpaired) electrons. The molecule has 1 aromatic rings. The van der Waals surface area contributed by atoms with E-state index in [1.807, 2.05) is 0 Å². The predicted molar refractivity (Wildman–Crippen MR) is 150 cm³/mol. The molecule has 260 valence electrons. The van der Waals surface area contributed by atoms with Gasteiger partial charge in [-0.2, -0.15) is 0 Å². The number of hydrogen-bond acceptors (Lipinski definition) is 17. The molecule has 0 amide bonds. The number of esters is 1. The number of aromatic hydroxyl groups is 2. The SMILES string of the molecule is CC1OC(OC2C3C=COC(OC4OC(CO)C(O)C(O)C4O)C3C3(CO)OC23)C(O)C(O)C1OC(=O)C=Cc1ccc(O)c(O)c1. The smallest absolute Gasteiger partial charge is 0.331 e. The first-order chi connectivity index (χ1) is 22.4. The Labute approximate surface area is 267 Å². The van der Waals surface area contributed by atoms with Gasteiger partial charge in [0.2, 0.25) is 6.29 Å². The molecule has 4 heterocycles. The molecule has 4 aliphatic heterocycles. The van der Waals surface area contributed by atoms with Crippen LogP contribution in [0.1, 0.15) is 12.5 Å². The molecule has 6 rings (SSSR count). The van der Waals surface area contributed by atoms with Crippen LogP contribution in [0.15, 0.2) is 36.6 Å². The Morgan fingerprint density at radius 2 is 1.62 bits per heavy atom. The molecule has 0 bridgehead atoms. The average Bonchev–Trinajstić information content (AvgIpc) is 3.73. The average molecular weight is 671 g/mol. The zero-order valence-electron chi connectivity index (χ0n) is 24.9. The van der Waals surface area contributed by atoms with Gasteiger partial charge in [-0.15, -0.1) is 0 Å². The fraction of sp³-hybridized carbons (Fsp3) is 0.633. The van der Waals surface area contributed by atoms with Crippen LogP contribution in [0.5, 0.6) is 11.5 Å². The summed E-state index contributed by atoms with van der Waals surface area (Å²) in [5.41, 5.74) is -0.847. The standard InChI is InChI=1S/C30H38O17/c1-11-24(44-17(35)5-3-12-2-4-14(33)15(34)8-12)21(38)23(40)28(42-11)45-25-13-6-7-41-27(18(13)30(10-32)26(25)47-30)46-29-22(39)20(37)19(36)16(9-31)43-29/h2-8,11,13,16,18-29,31-34,36-40H,9-10H2,1H3. The summed E-state index contributed by atoms with van der Waals surface area (Å²) >= 11 is 0. The van der Waals surface area contributed by atoms with E-state index >= 15 is 0 Å². The van der Waals surface area contributed by atoms with Gasteiger partial charge in [0.1, 0.15) is 48.3 Å². The Bertz CT molecular complexity index is 1350. The Morgan fingerprint density at radius 3 is 2.32 bits per heavy atom. The number of phenolic OH excluding ortho intramolecular Hbond substituents is 2. The second kappa shape index (κ2) is 13.2. The first kappa shape index (κ1) is 34.0. The number of aliphatic hydroxyl groups excluding tert-OH is 7. The van der Waals surface area contributed by atoms with E-state index in [1.54, 1.807) is 6.08 Å². The topological polar surface area (TPSA) is 267 Å². The minimum atomic E-state index is -1.71. The highest BCUT2D eigenvalue weighted by molar-refractivity contribution is 5.87. The number of epoxide rings is 1. The van der Waals surface area contributed by atoms with Crippen molar-refractivity contribution in [3.63, 3.8) is 0 Å². The summed E-state index contributed by atoms with van der Waals surface area (Å²) < 4.78 is 40.2. The van der Waals surface area contributed by atoms with E-state index < -0.39 is 117 Å². The monoisotopic (exact) mass is 670 g/mol. The molecular weight excluding hydrogens is 632 g/mol. The number of fused-ring (bicyclic) bond motifs is 3. The zero-order valence-corrected chi connectivity index (χ0v) is 24.9. The van der Waals surface area contributed by atoms with E-state index in [0.717, 1.165) is 6.08 Å². The second-order valence-electron chi connectivity index (χ2n) is 12.2. The highest BCUT2D eigenvalue weighted by Crippen LogP contribution is 2.61. The van der Waals surface area contributed by atoms with Crippen molar-refractivity contribution in [3.05, 3.63) is 42.2 Å². The van der Waals surface area contributed by atoms with Crippen LogP contribution >= 0.6 is 0 Å². The van der Waals surface area contributed by atoms with E-state index in [-0.39, 0.29) is 11.5 Å². The molecule has 1 saturated carbocycles. The van der Waals surface area contributed by atoms with Crippen molar-refractivity contribution in [2.24, 2.45) is 11.8 Å². The molecule has 17 nitrogen and oxygen atoms in total. The molecule has 1 aromatic carbocycles. The van der Waals surface area contributed by atoms with Crippen molar-refractivity contribution in [1.29, 1.82) is 0 Å². The molecule has 1 aliphatic carbocycles. The molecule has 9 N–H and O–H groups in total. The molecule has 4 fully saturated rings. The summed E-state index contributed by atoms with van der Waals surface area (Å²) in [6.07, 6.45) is -12.3. The quantitative estimate of drug-likeness (QED) is 0.0546. The van der Waals surface area contributed by atoms with Crippen LogP contribution in [0, 0.1) is 11.8 Å². The van der Waals surface area contributed by atoms with Crippen LogP contribution in [0.2, 0.25) is 0 Å². The molecule has 47 heavy (non-hydrogen) atoms. The van der Waals surface area contributed by atoms with Gasteiger partial charge in [-0.3, -0.25) is 0 Å². The third-order valence-electron chi connectivity index (χ3n) is 9.33. The molecule has 16 atom stereocenters. The normalized spacial score (nSPS) is 45.7. The number of benzene rings is 1. The number of hydrogen-bond donors (Lipinski definition) is 9. The molecular formula is C30H38O17. The number of carbonyl (C=O) groups is 1.